The topological polar surface area (TPSA) is 55.2 Å². The molecule has 0 heterocycles. The maximum absolute atomic E-state index is 11.1. The number of rotatable bonds is 20. The van der Waals surface area contributed by atoms with Gasteiger partial charge >= 0.3 is 0 Å². The summed E-state index contributed by atoms with van der Waals surface area (Å²) < 4.78 is 0.950. The Balaban J connectivity index is 0.00000961. The van der Waals surface area contributed by atoms with Crippen molar-refractivity contribution in [3.63, 3.8) is 0 Å². The number of para-hydroxylation sites is 2. The Morgan fingerprint density at radius 1 is 0.781 bits per heavy atom. The Labute approximate surface area is 214 Å². The van der Waals surface area contributed by atoms with Gasteiger partial charge in [0.2, 0.25) is 0 Å². The molecule has 0 saturated heterocycles. The summed E-state index contributed by atoms with van der Waals surface area (Å²) in [6.07, 6.45) is 19.4. The summed E-state index contributed by atoms with van der Waals surface area (Å²) in [5.41, 5.74) is 0.767. The molecule has 0 fully saturated rings. The minimum atomic E-state index is -0.322. The molecule has 6 heteroatoms. The molecular formula is C26H48IN3O2. The summed E-state index contributed by atoms with van der Waals surface area (Å²) in [5.74, 6) is 0. The second kappa shape index (κ2) is 19.6. The van der Waals surface area contributed by atoms with E-state index in [9.17, 15) is 10.1 Å². The lowest BCUT2D eigenvalue weighted by atomic mass is 10.0. The van der Waals surface area contributed by atoms with Crippen LogP contribution in [0, 0.1) is 10.1 Å². The van der Waals surface area contributed by atoms with Gasteiger partial charge in [0.15, 0.2) is 0 Å². The molecule has 0 bridgehead atoms. The summed E-state index contributed by atoms with van der Waals surface area (Å²) in [5, 5.41) is 14.3. The van der Waals surface area contributed by atoms with E-state index in [1.54, 1.807) is 18.2 Å². The van der Waals surface area contributed by atoms with Gasteiger partial charge in [0.25, 0.3) is 5.69 Å². The highest BCUT2D eigenvalue weighted by atomic mass is 127. The number of likely N-dealkylation sites (N-methyl/N-ethyl adjacent to an activating group) is 1. The lowest BCUT2D eigenvalue weighted by molar-refractivity contribution is -0.888. The molecule has 0 aromatic heterocycles. The molecule has 0 spiro atoms. The van der Waals surface area contributed by atoms with Crippen molar-refractivity contribution in [2.24, 2.45) is 0 Å². The molecule has 0 amide bonds. The molecule has 1 aromatic rings. The van der Waals surface area contributed by atoms with E-state index in [4.69, 9.17) is 0 Å². The molecule has 0 saturated carbocycles. The first kappa shape index (κ1) is 31.1. The molecule has 5 nitrogen and oxygen atoms in total. The number of hydrogen-bond donors (Lipinski definition) is 1. The van der Waals surface area contributed by atoms with Crippen molar-refractivity contribution < 1.29 is 33.4 Å². The third-order valence-electron chi connectivity index (χ3n) is 6.25. The zero-order valence-corrected chi connectivity index (χ0v) is 23.1. The van der Waals surface area contributed by atoms with Gasteiger partial charge in [0.1, 0.15) is 5.69 Å². The van der Waals surface area contributed by atoms with Crippen molar-refractivity contribution >= 4 is 11.4 Å². The second-order valence-corrected chi connectivity index (χ2v) is 9.68. The number of nitro groups is 1. The second-order valence-electron chi connectivity index (χ2n) is 9.68. The van der Waals surface area contributed by atoms with Crippen molar-refractivity contribution in [1.82, 2.24) is 0 Å². The molecule has 1 aromatic carbocycles. The van der Waals surface area contributed by atoms with E-state index in [1.165, 1.54) is 89.9 Å². The number of halogens is 1. The number of nitrogens with zero attached hydrogens (tertiary/aromatic N) is 2. The number of unbranched alkanes of at least 4 members (excludes halogenated alkanes) is 13. The van der Waals surface area contributed by atoms with Gasteiger partial charge in [0, 0.05) is 6.07 Å². The Morgan fingerprint density at radius 2 is 1.25 bits per heavy atom. The summed E-state index contributed by atoms with van der Waals surface area (Å²) in [4.78, 5) is 10.8. The average molecular weight is 562 g/mol. The van der Waals surface area contributed by atoms with Gasteiger partial charge in [-0.15, -0.1) is 0 Å². The Bertz CT molecular complexity index is 596. The van der Waals surface area contributed by atoms with Crippen LogP contribution in [0.15, 0.2) is 24.3 Å². The smallest absolute Gasteiger partial charge is 0.292 e. The molecule has 186 valence electrons. The van der Waals surface area contributed by atoms with Crippen LogP contribution in [-0.4, -0.2) is 43.1 Å². The number of quaternary nitrogens is 1. The normalized spacial score (nSPS) is 11.2. The minimum absolute atomic E-state index is 0. The van der Waals surface area contributed by atoms with Gasteiger partial charge in [0.05, 0.1) is 38.7 Å². The first-order valence-corrected chi connectivity index (χ1v) is 12.8. The molecule has 1 N–H and O–H groups in total. The van der Waals surface area contributed by atoms with E-state index in [1.807, 2.05) is 6.07 Å². The number of hydrogen-bond acceptors (Lipinski definition) is 3. The van der Waals surface area contributed by atoms with Gasteiger partial charge in [-0.3, -0.25) is 10.1 Å². The van der Waals surface area contributed by atoms with Crippen LogP contribution in [-0.2, 0) is 0 Å². The van der Waals surface area contributed by atoms with Crippen molar-refractivity contribution in [3.8, 4) is 0 Å². The van der Waals surface area contributed by atoms with Gasteiger partial charge in [-0.05, 0) is 18.9 Å². The van der Waals surface area contributed by atoms with E-state index in [0.29, 0.717) is 5.69 Å². The van der Waals surface area contributed by atoms with E-state index in [2.05, 4.69) is 26.3 Å². The fourth-order valence-corrected chi connectivity index (χ4v) is 4.12. The molecule has 0 atom stereocenters. The number of anilines is 1. The zero-order chi connectivity index (χ0) is 22.8. The molecule has 0 radical (unpaired) electrons. The highest BCUT2D eigenvalue weighted by Crippen LogP contribution is 2.23. The predicted molar refractivity (Wildman–Crippen MR) is 134 cm³/mol. The monoisotopic (exact) mass is 561 g/mol. The van der Waals surface area contributed by atoms with Crippen LogP contribution in [0.4, 0.5) is 11.4 Å². The third kappa shape index (κ3) is 15.8. The summed E-state index contributed by atoms with van der Waals surface area (Å²) in [6.45, 7) is 5.15. The summed E-state index contributed by atoms with van der Waals surface area (Å²) >= 11 is 0. The van der Waals surface area contributed by atoms with Gasteiger partial charge < -0.3 is 33.8 Å². The Hall–Kier alpha value is -0.890. The number of nitrogens with one attached hydrogen (secondary N) is 1. The predicted octanol–water partition coefficient (Wildman–Crippen LogP) is 4.57. The standard InChI is InChI=1S/C26H48N3O2.HI/c1-4-5-6-7-8-9-10-11-12-13-14-15-16-19-23-29(2,3)24-22-27-25-20-17-18-21-26(25)28(30)31;/h17-18,20-21,27H,4-16,19,22-24H2,1-3H3;1H/q+1;/p-1. The molecule has 0 unspecified atom stereocenters. The van der Waals surface area contributed by atoms with Gasteiger partial charge in [-0.2, -0.15) is 0 Å². The fraction of sp³-hybridized carbons (Fsp3) is 0.769. The highest BCUT2D eigenvalue weighted by molar-refractivity contribution is 5.60. The average Bonchev–Trinajstić information content (AvgIpc) is 2.74. The van der Waals surface area contributed by atoms with E-state index in [0.717, 1.165) is 24.1 Å². The Kier molecular flexibility index (Phi) is 19.0. The van der Waals surface area contributed by atoms with Crippen LogP contribution in [0.1, 0.15) is 96.8 Å². The SMILES string of the molecule is CCCCCCCCCCCCCCCC[N+](C)(C)CCNc1ccccc1[N+](=O)[O-].[I-]. The minimum Gasteiger partial charge on any atom is -1.00 e. The zero-order valence-electron chi connectivity index (χ0n) is 20.9. The van der Waals surface area contributed by atoms with Crippen molar-refractivity contribution in [2.75, 3.05) is 39.0 Å². The van der Waals surface area contributed by atoms with Crippen LogP contribution in [0.3, 0.4) is 0 Å². The van der Waals surface area contributed by atoms with Crippen molar-refractivity contribution in [2.45, 2.75) is 96.8 Å². The first-order valence-electron chi connectivity index (χ1n) is 12.8. The Morgan fingerprint density at radius 3 is 1.75 bits per heavy atom. The van der Waals surface area contributed by atoms with Crippen molar-refractivity contribution in [3.05, 3.63) is 34.4 Å². The fourth-order valence-electron chi connectivity index (χ4n) is 4.12. The molecule has 0 aliphatic heterocycles. The van der Waals surface area contributed by atoms with Crippen LogP contribution in [0.2, 0.25) is 0 Å². The quantitative estimate of drug-likeness (QED) is 0.0835. The number of nitro benzene ring substituents is 1. The lowest BCUT2D eigenvalue weighted by Crippen LogP contribution is -3.00. The summed E-state index contributed by atoms with van der Waals surface area (Å²) in [7, 11) is 4.51. The van der Waals surface area contributed by atoms with Crippen LogP contribution >= 0.6 is 0 Å². The maximum atomic E-state index is 11.1. The van der Waals surface area contributed by atoms with E-state index in [-0.39, 0.29) is 34.6 Å². The molecule has 0 aliphatic carbocycles. The van der Waals surface area contributed by atoms with Crippen molar-refractivity contribution in [1.29, 1.82) is 0 Å². The van der Waals surface area contributed by atoms with E-state index < -0.39 is 0 Å². The van der Waals surface area contributed by atoms with Gasteiger partial charge in [-0.25, -0.2) is 0 Å². The molecule has 1 rings (SSSR count). The number of benzene rings is 1. The largest absolute Gasteiger partial charge is 1.00 e. The van der Waals surface area contributed by atoms with Crippen LogP contribution in [0.25, 0.3) is 0 Å². The summed E-state index contributed by atoms with van der Waals surface area (Å²) in [6, 6.07) is 6.88. The van der Waals surface area contributed by atoms with E-state index >= 15 is 0 Å². The lowest BCUT2D eigenvalue weighted by Gasteiger charge is -2.30. The molecular weight excluding hydrogens is 513 g/mol. The molecule has 0 aliphatic rings. The van der Waals surface area contributed by atoms with Crippen LogP contribution in [0.5, 0.6) is 0 Å². The molecule has 32 heavy (non-hydrogen) atoms. The first-order chi connectivity index (χ1) is 15.0. The van der Waals surface area contributed by atoms with Gasteiger partial charge in [-0.1, -0.05) is 96.1 Å². The maximum Gasteiger partial charge on any atom is 0.292 e. The highest BCUT2D eigenvalue weighted by Gasteiger charge is 2.16. The van der Waals surface area contributed by atoms with Crippen LogP contribution < -0.4 is 29.3 Å². The third-order valence-corrected chi connectivity index (χ3v) is 6.25.